The van der Waals surface area contributed by atoms with Crippen LogP contribution in [-0.4, -0.2) is 35.8 Å². The number of nitrogens with zero attached hydrogens (tertiary/aromatic N) is 1. The van der Waals surface area contributed by atoms with Crippen molar-refractivity contribution in [2.45, 2.75) is 65.8 Å². The summed E-state index contributed by atoms with van der Waals surface area (Å²) in [6.45, 7) is 9.89. The van der Waals surface area contributed by atoms with E-state index in [2.05, 4.69) is 33.0 Å². The number of likely N-dealkylation sites (tertiary alicyclic amines) is 1. The molecule has 0 radical (unpaired) electrons. The van der Waals surface area contributed by atoms with E-state index >= 15 is 0 Å². The van der Waals surface area contributed by atoms with Crippen molar-refractivity contribution in [2.24, 2.45) is 11.8 Å². The smallest absolute Gasteiger partial charge is 0.225 e. The van der Waals surface area contributed by atoms with E-state index in [-0.39, 0.29) is 17.7 Å². The molecule has 0 spiro atoms. The van der Waals surface area contributed by atoms with Crippen molar-refractivity contribution in [2.75, 3.05) is 13.1 Å². The third-order valence-corrected chi connectivity index (χ3v) is 4.17. The van der Waals surface area contributed by atoms with Gasteiger partial charge in [0, 0.05) is 25.6 Å². The van der Waals surface area contributed by atoms with E-state index in [1.54, 1.807) is 0 Å². The van der Waals surface area contributed by atoms with Gasteiger partial charge in [-0.05, 0) is 31.6 Å². The first-order valence-corrected chi connectivity index (χ1v) is 8.06. The summed E-state index contributed by atoms with van der Waals surface area (Å²) in [5.41, 5.74) is 0. The molecule has 1 aliphatic rings. The van der Waals surface area contributed by atoms with Gasteiger partial charge in [-0.1, -0.05) is 27.7 Å². The summed E-state index contributed by atoms with van der Waals surface area (Å²) in [4.78, 5) is 26.0. The predicted octanol–water partition coefficient (Wildman–Crippen LogP) is 2.58. The maximum absolute atomic E-state index is 12.1. The summed E-state index contributed by atoms with van der Waals surface area (Å²) >= 11 is 0. The number of hydrogen-bond donors (Lipinski definition) is 1. The van der Waals surface area contributed by atoms with Gasteiger partial charge in [-0.15, -0.1) is 0 Å². The van der Waals surface area contributed by atoms with Crippen LogP contribution >= 0.6 is 0 Å². The standard InChI is InChI=1S/C16H30N2O2/c1-5-14(6-2)18-11-13(10-15(18)19)16(20)17-9-7-8-12(3)4/h12-14H,5-11H2,1-4H3,(H,17,20). The van der Waals surface area contributed by atoms with Gasteiger partial charge in [0.25, 0.3) is 0 Å². The van der Waals surface area contributed by atoms with Crippen LogP contribution in [0.2, 0.25) is 0 Å². The Balaban J connectivity index is 2.38. The van der Waals surface area contributed by atoms with Crippen molar-refractivity contribution in [1.82, 2.24) is 10.2 Å². The number of nitrogens with one attached hydrogen (secondary N) is 1. The molecular weight excluding hydrogens is 252 g/mol. The molecule has 1 aliphatic heterocycles. The maximum Gasteiger partial charge on any atom is 0.225 e. The number of amides is 2. The van der Waals surface area contributed by atoms with E-state index < -0.39 is 0 Å². The number of carbonyl (C=O) groups is 2. The second-order valence-corrected chi connectivity index (χ2v) is 6.24. The Morgan fingerprint density at radius 3 is 2.55 bits per heavy atom. The van der Waals surface area contributed by atoms with Gasteiger partial charge in [0.15, 0.2) is 0 Å². The topological polar surface area (TPSA) is 49.4 Å². The van der Waals surface area contributed by atoms with Gasteiger partial charge in [0.1, 0.15) is 0 Å². The zero-order valence-corrected chi connectivity index (χ0v) is 13.4. The fourth-order valence-corrected chi connectivity index (χ4v) is 2.86. The zero-order chi connectivity index (χ0) is 15.1. The Bertz CT molecular complexity index is 324. The molecule has 0 aliphatic carbocycles. The molecule has 1 saturated heterocycles. The minimum Gasteiger partial charge on any atom is -0.356 e. The molecule has 116 valence electrons. The molecule has 1 heterocycles. The van der Waals surface area contributed by atoms with E-state index in [0.29, 0.717) is 24.9 Å². The second kappa shape index (κ2) is 8.28. The second-order valence-electron chi connectivity index (χ2n) is 6.24. The summed E-state index contributed by atoms with van der Waals surface area (Å²) in [5, 5.41) is 2.98. The minimum atomic E-state index is -0.151. The van der Waals surface area contributed by atoms with E-state index in [4.69, 9.17) is 0 Å². The van der Waals surface area contributed by atoms with Crippen molar-refractivity contribution in [1.29, 1.82) is 0 Å². The van der Waals surface area contributed by atoms with Crippen molar-refractivity contribution in [3.8, 4) is 0 Å². The zero-order valence-electron chi connectivity index (χ0n) is 13.4. The highest BCUT2D eigenvalue weighted by Gasteiger charge is 2.36. The largest absolute Gasteiger partial charge is 0.356 e. The molecule has 4 heteroatoms. The van der Waals surface area contributed by atoms with Crippen LogP contribution in [0.15, 0.2) is 0 Å². The minimum absolute atomic E-state index is 0.0514. The summed E-state index contributed by atoms with van der Waals surface area (Å²) in [7, 11) is 0. The summed E-state index contributed by atoms with van der Waals surface area (Å²) < 4.78 is 0. The van der Waals surface area contributed by atoms with Crippen LogP contribution in [0.1, 0.15) is 59.8 Å². The fourth-order valence-electron chi connectivity index (χ4n) is 2.86. The molecule has 1 rings (SSSR count). The third kappa shape index (κ3) is 4.80. The van der Waals surface area contributed by atoms with E-state index in [9.17, 15) is 9.59 Å². The Kier molecular flexibility index (Phi) is 7.03. The van der Waals surface area contributed by atoms with Crippen molar-refractivity contribution in [3.05, 3.63) is 0 Å². The van der Waals surface area contributed by atoms with Gasteiger partial charge in [-0.25, -0.2) is 0 Å². The van der Waals surface area contributed by atoms with Gasteiger partial charge in [-0.3, -0.25) is 9.59 Å². The van der Waals surface area contributed by atoms with Crippen molar-refractivity contribution in [3.63, 3.8) is 0 Å². The third-order valence-electron chi connectivity index (χ3n) is 4.17. The van der Waals surface area contributed by atoms with Gasteiger partial charge < -0.3 is 10.2 Å². The molecule has 0 aromatic heterocycles. The van der Waals surface area contributed by atoms with E-state index in [1.807, 2.05) is 4.90 Å². The lowest BCUT2D eigenvalue weighted by atomic mass is 10.1. The number of carbonyl (C=O) groups excluding carboxylic acids is 2. The normalized spacial score (nSPS) is 19.2. The molecule has 4 nitrogen and oxygen atoms in total. The van der Waals surface area contributed by atoms with Crippen LogP contribution in [0.4, 0.5) is 0 Å². The molecule has 0 aromatic rings. The van der Waals surface area contributed by atoms with Gasteiger partial charge >= 0.3 is 0 Å². The van der Waals surface area contributed by atoms with Crippen LogP contribution in [0.25, 0.3) is 0 Å². The highest BCUT2D eigenvalue weighted by molar-refractivity contribution is 5.89. The SMILES string of the molecule is CCC(CC)N1CC(C(=O)NCCCC(C)C)CC1=O. The van der Waals surface area contributed by atoms with Crippen molar-refractivity contribution < 1.29 is 9.59 Å². The molecule has 1 unspecified atom stereocenters. The summed E-state index contributed by atoms with van der Waals surface area (Å²) in [6, 6.07) is 0.293. The summed E-state index contributed by atoms with van der Waals surface area (Å²) in [5.74, 6) is 0.712. The van der Waals surface area contributed by atoms with Crippen LogP contribution < -0.4 is 5.32 Å². The monoisotopic (exact) mass is 282 g/mol. The highest BCUT2D eigenvalue weighted by Crippen LogP contribution is 2.23. The lowest BCUT2D eigenvalue weighted by molar-refractivity contribution is -0.130. The van der Waals surface area contributed by atoms with Crippen LogP contribution in [0.3, 0.4) is 0 Å². The van der Waals surface area contributed by atoms with E-state index in [0.717, 1.165) is 32.2 Å². The molecule has 0 bridgehead atoms. The van der Waals surface area contributed by atoms with Crippen molar-refractivity contribution >= 4 is 11.8 Å². The Labute approximate surface area is 123 Å². The van der Waals surface area contributed by atoms with Gasteiger partial charge in [0.2, 0.25) is 11.8 Å². The quantitative estimate of drug-likeness (QED) is 0.696. The summed E-state index contributed by atoms with van der Waals surface area (Å²) in [6.07, 6.45) is 4.45. The Morgan fingerprint density at radius 2 is 2.00 bits per heavy atom. The number of hydrogen-bond acceptors (Lipinski definition) is 2. The van der Waals surface area contributed by atoms with E-state index in [1.165, 1.54) is 0 Å². The Morgan fingerprint density at radius 1 is 1.35 bits per heavy atom. The van der Waals surface area contributed by atoms with Crippen LogP contribution in [0.5, 0.6) is 0 Å². The Hall–Kier alpha value is -1.06. The average molecular weight is 282 g/mol. The molecular formula is C16H30N2O2. The lowest BCUT2D eigenvalue weighted by Gasteiger charge is -2.26. The van der Waals surface area contributed by atoms with Gasteiger partial charge in [0.05, 0.1) is 5.92 Å². The molecule has 2 amide bonds. The molecule has 1 N–H and O–H groups in total. The molecule has 20 heavy (non-hydrogen) atoms. The maximum atomic E-state index is 12.1. The molecule has 1 fully saturated rings. The lowest BCUT2D eigenvalue weighted by Crippen LogP contribution is -2.38. The van der Waals surface area contributed by atoms with Crippen LogP contribution in [0, 0.1) is 11.8 Å². The first-order chi connectivity index (χ1) is 9.49. The highest BCUT2D eigenvalue weighted by atomic mass is 16.2. The predicted molar refractivity (Wildman–Crippen MR) is 81.3 cm³/mol. The molecule has 1 atom stereocenters. The van der Waals surface area contributed by atoms with Crippen LogP contribution in [-0.2, 0) is 9.59 Å². The fraction of sp³-hybridized carbons (Fsp3) is 0.875. The molecule has 0 aromatic carbocycles. The molecule has 0 saturated carbocycles. The average Bonchev–Trinajstić information content (AvgIpc) is 2.78. The first-order valence-electron chi connectivity index (χ1n) is 8.06. The first kappa shape index (κ1) is 17.0. The van der Waals surface area contributed by atoms with Gasteiger partial charge in [-0.2, -0.15) is 0 Å². The number of rotatable bonds is 8.